The summed E-state index contributed by atoms with van der Waals surface area (Å²) < 4.78 is 27.3. The Balaban J connectivity index is 1.77. The molecule has 1 N–H and O–H groups in total. The number of benzene rings is 1. The molecule has 4 nitrogen and oxygen atoms in total. The summed E-state index contributed by atoms with van der Waals surface area (Å²) in [5.74, 6) is -2.02. The number of nitrogens with zero attached hydrogens (tertiary/aromatic N) is 2. The SMILES string of the molecule is C=C(C)c1nc(C)sc1-c1csc(NC(=O)Cc2c(F)cccc2F)n1. The van der Waals surface area contributed by atoms with Gasteiger partial charge in [-0.15, -0.1) is 22.7 Å². The Morgan fingerprint density at radius 1 is 1.27 bits per heavy atom. The normalized spacial score (nSPS) is 10.8. The molecule has 3 aromatic rings. The maximum Gasteiger partial charge on any atom is 0.230 e. The molecule has 2 heterocycles. The van der Waals surface area contributed by atoms with Crippen molar-refractivity contribution in [1.82, 2.24) is 9.97 Å². The Labute approximate surface area is 157 Å². The Morgan fingerprint density at radius 2 is 1.96 bits per heavy atom. The van der Waals surface area contributed by atoms with E-state index in [0.717, 1.165) is 33.3 Å². The molecule has 134 valence electrons. The monoisotopic (exact) mass is 391 g/mol. The number of nitrogens with one attached hydrogen (secondary N) is 1. The lowest BCUT2D eigenvalue weighted by Gasteiger charge is -2.04. The van der Waals surface area contributed by atoms with Crippen molar-refractivity contribution in [1.29, 1.82) is 0 Å². The van der Waals surface area contributed by atoms with Crippen LogP contribution in [0.5, 0.6) is 0 Å². The fraction of sp³-hybridized carbons (Fsp3) is 0.167. The third kappa shape index (κ3) is 3.86. The summed E-state index contributed by atoms with van der Waals surface area (Å²) in [6, 6.07) is 3.51. The minimum atomic E-state index is -0.744. The highest BCUT2D eigenvalue weighted by atomic mass is 32.1. The number of rotatable bonds is 5. The van der Waals surface area contributed by atoms with Gasteiger partial charge >= 0.3 is 0 Å². The van der Waals surface area contributed by atoms with E-state index in [2.05, 4.69) is 21.9 Å². The number of hydrogen-bond acceptors (Lipinski definition) is 5. The molecule has 0 saturated carbocycles. The van der Waals surface area contributed by atoms with Crippen LogP contribution in [0.1, 0.15) is 23.2 Å². The van der Waals surface area contributed by atoms with Crippen LogP contribution in [-0.4, -0.2) is 15.9 Å². The molecule has 0 fully saturated rings. The summed E-state index contributed by atoms with van der Waals surface area (Å²) in [6.07, 6.45) is -0.399. The van der Waals surface area contributed by atoms with Gasteiger partial charge in [-0.05, 0) is 31.6 Å². The van der Waals surface area contributed by atoms with Crippen molar-refractivity contribution in [2.24, 2.45) is 0 Å². The molecule has 2 aromatic heterocycles. The molecule has 0 bridgehead atoms. The molecule has 0 radical (unpaired) electrons. The van der Waals surface area contributed by atoms with Crippen LogP contribution >= 0.6 is 22.7 Å². The fourth-order valence-corrected chi connectivity index (χ4v) is 4.10. The van der Waals surface area contributed by atoms with Gasteiger partial charge in [-0.3, -0.25) is 4.79 Å². The van der Waals surface area contributed by atoms with Crippen molar-refractivity contribution in [3.8, 4) is 10.6 Å². The number of aromatic nitrogens is 2. The lowest BCUT2D eigenvalue weighted by atomic mass is 10.1. The predicted octanol–water partition coefficient (Wildman–Crippen LogP) is 5.07. The maximum atomic E-state index is 13.7. The van der Waals surface area contributed by atoms with E-state index in [9.17, 15) is 13.6 Å². The zero-order valence-electron chi connectivity index (χ0n) is 14.1. The molecule has 0 spiro atoms. The molecule has 3 rings (SSSR count). The van der Waals surface area contributed by atoms with Crippen LogP contribution in [0.4, 0.5) is 13.9 Å². The summed E-state index contributed by atoms with van der Waals surface area (Å²) in [5.41, 5.74) is 2.04. The molecule has 26 heavy (non-hydrogen) atoms. The van der Waals surface area contributed by atoms with Crippen LogP contribution in [-0.2, 0) is 11.2 Å². The van der Waals surface area contributed by atoms with Gasteiger partial charge in [0.05, 0.1) is 27.7 Å². The first-order valence-electron chi connectivity index (χ1n) is 7.67. The third-order valence-electron chi connectivity index (χ3n) is 3.52. The Hall–Kier alpha value is -2.45. The first-order valence-corrected chi connectivity index (χ1v) is 9.36. The zero-order chi connectivity index (χ0) is 18.8. The van der Waals surface area contributed by atoms with E-state index in [4.69, 9.17) is 0 Å². The summed E-state index contributed by atoms with van der Waals surface area (Å²) in [6.45, 7) is 7.69. The van der Waals surface area contributed by atoms with Gasteiger partial charge in [0.15, 0.2) is 5.13 Å². The number of allylic oxidation sites excluding steroid dienone is 1. The largest absolute Gasteiger partial charge is 0.302 e. The van der Waals surface area contributed by atoms with Gasteiger partial charge in [0.2, 0.25) is 5.91 Å². The molecule has 0 aliphatic carbocycles. The minimum Gasteiger partial charge on any atom is -0.302 e. The van der Waals surface area contributed by atoms with E-state index in [1.165, 1.54) is 28.7 Å². The Morgan fingerprint density at radius 3 is 2.62 bits per heavy atom. The number of hydrogen-bond donors (Lipinski definition) is 1. The van der Waals surface area contributed by atoms with Crippen LogP contribution in [0, 0.1) is 18.6 Å². The summed E-state index contributed by atoms with van der Waals surface area (Å²) in [7, 11) is 0. The lowest BCUT2D eigenvalue weighted by Crippen LogP contribution is -2.16. The summed E-state index contributed by atoms with van der Waals surface area (Å²) in [5, 5.41) is 5.65. The number of thiazole rings is 2. The molecule has 0 atom stereocenters. The molecular weight excluding hydrogens is 376 g/mol. The van der Waals surface area contributed by atoms with E-state index in [1.807, 2.05) is 13.8 Å². The lowest BCUT2D eigenvalue weighted by molar-refractivity contribution is -0.115. The quantitative estimate of drug-likeness (QED) is 0.661. The van der Waals surface area contributed by atoms with Gasteiger partial charge in [-0.1, -0.05) is 12.6 Å². The number of anilines is 1. The van der Waals surface area contributed by atoms with Crippen LogP contribution in [0.25, 0.3) is 16.1 Å². The van der Waals surface area contributed by atoms with E-state index < -0.39 is 24.0 Å². The standard InChI is InChI=1S/C18H15F2N3OS2/c1-9(2)16-17(26-10(3)21-16)14-8-25-18(22-14)23-15(24)7-11-12(19)5-4-6-13(11)20/h4-6,8H,1,7H2,2-3H3,(H,22,23,24). The molecule has 1 aromatic carbocycles. The highest BCUT2D eigenvalue weighted by Gasteiger charge is 2.17. The molecule has 1 amide bonds. The van der Waals surface area contributed by atoms with Gasteiger partial charge in [0.25, 0.3) is 0 Å². The summed E-state index contributed by atoms with van der Waals surface area (Å²) >= 11 is 2.73. The molecule has 8 heteroatoms. The van der Waals surface area contributed by atoms with Crippen molar-refractivity contribution in [3.05, 3.63) is 58.1 Å². The molecule has 0 aliphatic rings. The van der Waals surface area contributed by atoms with Crippen molar-refractivity contribution in [3.63, 3.8) is 0 Å². The van der Waals surface area contributed by atoms with Crippen molar-refractivity contribution in [2.75, 3.05) is 5.32 Å². The average molecular weight is 391 g/mol. The third-order valence-corrected chi connectivity index (χ3v) is 5.27. The topological polar surface area (TPSA) is 54.9 Å². The van der Waals surface area contributed by atoms with E-state index in [0.29, 0.717) is 10.8 Å². The molecule has 0 saturated heterocycles. The smallest absolute Gasteiger partial charge is 0.230 e. The Bertz CT molecular complexity index is 974. The number of carbonyl (C=O) groups excluding carboxylic acids is 1. The fourth-order valence-electron chi connectivity index (χ4n) is 2.35. The van der Waals surface area contributed by atoms with Crippen LogP contribution in [0.3, 0.4) is 0 Å². The number of carbonyl (C=O) groups is 1. The van der Waals surface area contributed by atoms with Gasteiger partial charge in [0.1, 0.15) is 11.6 Å². The predicted molar refractivity (Wildman–Crippen MR) is 101 cm³/mol. The second kappa shape index (κ2) is 7.43. The van der Waals surface area contributed by atoms with Gasteiger partial charge in [-0.2, -0.15) is 0 Å². The van der Waals surface area contributed by atoms with Crippen molar-refractivity contribution in [2.45, 2.75) is 20.3 Å². The highest BCUT2D eigenvalue weighted by Crippen LogP contribution is 2.35. The van der Waals surface area contributed by atoms with E-state index in [1.54, 1.807) is 5.38 Å². The van der Waals surface area contributed by atoms with Crippen LogP contribution in [0.15, 0.2) is 30.2 Å². The molecular formula is C18H15F2N3OS2. The second-order valence-corrected chi connectivity index (χ2v) is 7.72. The second-order valence-electron chi connectivity index (χ2n) is 5.65. The van der Waals surface area contributed by atoms with Gasteiger partial charge in [0, 0.05) is 10.9 Å². The minimum absolute atomic E-state index is 0.260. The molecule has 0 aliphatic heterocycles. The van der Waals surface area contributed by atoms with Gasteiger partial charge in [-0.25, -0.2) is 18.7 Å². The average Bonchev–Trinajstić information content (AvgIpc) is 3.17. The maximum absolute atomic E-state index is 13.7. The van der Waals surface area contributed by atoms with Crippen molar-refractivity contribution < 1.29 is 13.6 Å². The van der Waals surface area contributed by atoms with Crippen LogP contribution < -0.4 is 5.32 Å². The molecule has 0 unspecified atom stereocenters. The Kier molecular flexibility index (Phi) is 5.24. The van der Waals surface area contributed by atoms with Crippen molar-refractivity contribution >= 4 is 39.3 Å². The first-order chi connectivity index (χ1) is 12.3. The van der Waals surface area contributed by atoms with Crippen LogP contribution in [0.2, 0.25) is 0 Å². The highest BCUT2D eigenvalue weighted by molar-refractivity contribution is 7.17. The van der Waals surface area contributed by atoms with E-state index in [-0.39, 0.29) is 5.56 Å². The zero-order valence-corrected chi connectivity index (χ0v) is 15.7. The number of aryl methyl sites for hydroxylation is 1. The first kappa shape index (κ1) is 18.3. The van der Waals surface area contributed by atoms with E-state index >= 15 is 0 Å². The summed E-state index contributed by atoms with van der Waals surface area (Å²) in [4.78, 5) is 21.8. The number of amides is 1. The number of halogens is 2. The van der Waals surface area contributed by atoms with Gasteiger partial charge < -0.3 is 5.32 Å².